The molecule has 24 heteroatoms. The Morgan fingerprint density at radius 3 is 1.10 bits per heavy atom. The first-order chi connectivity index (χ1) is 44.2. The van der Waals surface area contributed by atoms with Crippen LogP contribution in [0.25, 0.3) is 11.9 Å². The van der Waals surface area contributed by atoms with Crippen LogP contribution < -0.4 is 22.5 Å². The predicted octanol–water partition coefficient (Wildman–Crippen LogP) is 16.3. The first-order valence-corrected chi connectivity index (χ1v) is 33.0. The van der Waals surface area contributed by atoms with Crippen molar-refractivity contribution in [2.45, 2.75) is 192 Å². The van der Waals surface area contributed by atoms with Crippen LogP contribution in [0.2, 0.25) is 0 Å². The molecule has 0 spiro atoms. The summed E-state index contributed by atoms with van der Waals surface area (Å²) in [5.41, 5.74) is 22.5. The molecule has 6 rings (SSSR count). The lowest BCUT2D eigenvalue weighted by Gasteiger charge is -2.23. The minimum Gasteiger partial charge on any atom is -0.383 e. The van der Waals surface area contributed by atoms with Crippen LogP contribution in [0.4, 0.5) is 46.0 Å². The minimum absolute atomic E-state index is 0.000154. The van der Waals surface area contributed by atoms with Crippen LogP contribution in [0.15, 0.2) is 115 Å². The average Bonchev–Trinajstić information content (AvgIpc) is 1.63. The summed E-state index contributed by atoms with van der Waals surface area (Å²) < 4.78 is 2.61. The molecule has 0 fully saturated rings. The Hall–Kier alpha value is -9.09. The first-order valence-electron chi connectivity index (χ1n) is 33.0. The number of nitrogens with one attached hydrogen (secondary N) is 2. The van der Waals surface area contributed by atoms with Crippen LogP contribution in [-0.2, 0) is 10.8 Å². The van der Waals surface area contributed by atoms with Crippen molar-refractivity contribution >= 4 is 69.5 Å². The summed E-state index contributed by atoms with van der Waals surface area (Å²) >= 11 is 0. The molecule has 500 valence electrons. The number of carbonyl (C=O) groups excluding carboxylic acids is 3. The lowest BCUT2D eigenvalue weighted by atomic mass is 9.88. The Kier molecular flexibility index (Phi) is 26.3. The van der Waals surface area contributed by atoms with Crippen LogP contribution in [-0.4, -0.2) is 112 Å². The van der Waals surface area contributed by atoms with Gasteiger partial charge in [0.2, 0.25) is 5.95 Å². The van der Waals surface area contributed by atoms with E-state index >= 15 is 0 Å². The largest absolute Gasteiger partial charge is 0.383 e. The van der Waals surface area contributed by atoms with Crippen LogP contribution in [0.3, 0.4) is 0 Å². The second-order valence-corrected chi connectivity index (χ2v) is 26.4. The van der Waals surface area contributed by atoms with E-state index in [2.05, 4.69) is 57.1 Å². The summed E-state index contributed by atoms with van der Waals surface area (Å²) in [6.45, 7) is 33.5. The molecule has 3 heterocycles. The van der Waals surface area contributed by atoms with Crippen molar-refractivity contribution in [1.29, 1.82) is 5.41 Å². The van der Waals surface area contributed by atoms with Crippen molar-refractivity contribution in [1.82, 2.24) is 49.2 Å². The van der Waals surface area contributed by atoms with Crippen LogP contribution in [0.1, 0.15) is 223 Å². The summed E-state index contributed by atoms with van der Waals surface area (Å²) in [5.74, 6) is -1.14. The van der Waals surface area contributed by atoms with Crippen molar-refractivity contribution in [3.63, 3.8) is 0 Å². The van der Waals surface area contributed by atoms with Gasteiger partial charge >= 0.3 is 0 Å². The second kappa shape index (κ2) is 33.5. The Labute approximate surface area is 550 Å². The fraction of sp³-hybridized carbons (Fsp3) is 0.522. The van der Waals surface area contributed by atoms with E-state index in [9.17, 15) is 19.8 Å². The molecule has 3 amide bonds. The number of carbonyl (C=O) groups is 3. The third-order valence-corrected chi connectivity index (χ3v) is 15.4. The van der Waals surface area contributed by atoms with Gasteiger partial charge in [-0.25, -0.2) is 0 Å². The number of anilines is 3. The van der Waals surface area contributed by atoms with Crippen LogP contribution in [0.5, 0.6) is 0 Å². The zero-order valence-corrected chi connectivity index (χ0v) is 57.8. The summed E-state index contributed by atoms with van der Waals surface area (Å²) in [7, 11) is 0. The van der Waals surface area contributed by atoms with Gasteiger partial charge in [-0.15, -0.1) is 30.7 Å². The van der Waals surface area contributed by atoms with Gasteiger partial charge in [-0.3, -0.25) is 14.4 Å². The molecule has 0 aliphatic carbocycles. The van der Waals surface area contributed by atoms with Gasteiger partial charge in [0.1, 0.15) is 11.5 Å². The summed E-state index contributed by atoms with van der Waals surface area (Å²) in [5, 5.41) is 50.9. The third-order valence-electron chi connectivity index (χ3n) is 15.4. The highest BCUT2D eigenvalue weighted by atomic mass is 16.2. The van der Waals surface area contributed by atoms with E-state index in [4.69, 9.17) is 62.8 Å². The molecule has 24 nitrogen and oxygen atoms in total. The van der Waals surface area contributed by atoms with Crippen LogP contribution >= 0.6 is 0 Å². The summed E-state index contributed by atoms with van der Waals surface area (Å²) in [6.07, 6.45) is 10.7. The van der Waals surface area contributed by atoms with Gasteiger partial charge in [-0.1, -0.05) is 179 Å². The van der Waals surface area contributed by atoms with Gasteiger partial charge < -0.3 is 42.6 Å². The molecule has 8 N–H and O–H groups in total. The third kappa shape index (κ3) is 19.0. The number of nitrogens with zero attached hydrogens (tertiary/aromatic N) is 16. The lowest BCUT2D eigenvalue weighted by Crippen LogP contribution is -2.33. The normalized spacial score (nSPS) is 12.5. The van der Waals surface area contributed by atoms with E-state index in [0.717, 1.165) is 77.0 Å². The number of nitrogens with two attached hydrogens (primary N) is 3. The molecule has 0 saturated heterocycles. The number of amides is 3. The SMILES string of the molecule is CCCCN(CCCC)C(=O)c1ccccc1/N=N/C(C(=N)C(C)(C)C)=C(\N)Nc1nc(-n2nc(C(C)(C)C)c(/N=N/c3ccccc3C(=O)N(CCCC)CCCC)c2N)nc(-n2nc(C(C)(C)C)c(/N=N/c3ccccc3C(=O)N(CCCC)CCCC)c2N)n1. The molecule has 0 aliphatic rings. The number of hydrogen-bond acceptors (Lipinski definition) is 19. The monoisotopic (exact) mass is 1270 g/mol. The smallest absolute Gasteiger partial charge is 0.259 e. The minimum atomic E-state index is -0.827. The van der Waals surface area contributed by atoms with Gasteiger partial charge in [0.25, 0.3) is 29.6 Å². The molecule has 0 unspecified atom stereocenters. The molecular formula is C69H101N21O3. The van der Waals surface area contributed by atoms with E-state index in [1.54, 1.807) is 60.7 Å². The number of hydrogen-bond donors (Lipinski definition) is 5. The van der Waals surface area contributed by atoms with Crippen LogP contribution in [0, 0.1) is 10.8 Å². The summed E-state index contributed by atoms with van der Waals surface area (Å²) in [4.78, 5) is 63.1. The molecule has 0 bridgehead atoms. The van der Waals surface area contributed by atoms with Gasteiger partial charge in [-0.2, -0.15) is 34.5 Å². The highest BCUT2D eigenvalue weighted by molar-refractivity contribution is 6.02. The maximum absolute atomic E-state index is 14.3. The molecule has 0 radical (unpaired) electrons. The second-order valence-electron chi connectivity index (χ2n) is 26.4. The predicted molar refractivity (Wildman–Crippen MR) is 372 cm³/mol. The Morgan fingerprint density at radius 2 is 0.796 bits per heavy atom. The van der Waals surface area contributed by atoms with E-state index in [1.807, 2.05) is 89.1 Å². The number of azo groups is 3. The first kappa shape index (κ1) is 73.0. The van der Waals surface area contributed by atoms with E-state index in [0.29, 0.717) is 78.7 Å². The van der Waals surface area contributed by atoms with Crippen molar-refractivity contribution in [3.8, 4) is 11.9 Å². The Balaban J connectivity index is 1.59. The van der Waals surface area contributed by atoms with Crippen molar-refractivity contribution in [3.05, 3.63) is 112 Å². The summed E-state index contributed by atoms with van der Waals surface area (Å²) in [6, 6.07) is 21.2. The van der Waals surface area contributed by atoms with E-state index in [-0.39, 0.29) is 81.5 Å². The van der Waals surface area contributed by atoms with Gasteiger partial charge in [0.05, 0.1) is 50.9 Å². The number of nitrogen functional groups attached to an aromatic ring is 2. The highest BCUT2D eigenvalue weighted by Gasteiger charge is 2.33. The fourth-order valence-electron chi connectivity index (χ4n) is 9.82. The number of aromatic nitrogens is 7. The number of unbranched alkanes of at least 4 members (excludes halogenated alkanes) is 6. The molecule has 93 heavy (non-hydrogen) atoms. The van der Waals surface area contributed by atoms with Gasteiger partial charge in [-0.05, 0) is 74.9 Å². The molecule has 3 aromatic carbocycles. The molecular weight excluding hydrogens is 1170 g/mol. The van der Waals surface area contributed by atoms with E-state index < -0.39 is 16.2 Å². The van der Waals surface area contributed by atoms with Gasteiger partial charge in [0.15, 0.2) is 23.0 Å². The van der Waals surface area contributed by atoms with Crippen molar-refractivity contribution < 1.29 is 14.4 Å². The zero-order chi connectivity index (χ0) is 68.2. The maximum Gasteiger partial charge on any atom is 0.259 e. The van der Waals surface area contributed by atoms with Crippen molar-refractivity contribution in [2.24, 2.45) is 41.8 Å². The Bertz CT molecular complexity index is 3460. The van der Waals surface area contributed by atoms with E-state index in [1.165, 1.54) is 9.36 Å². The lowest BCUT2D eigenvalue weighted by molar-refractivity contribution is 0.0744. The Morgan fingerprint density at radius 1 is 0.484 bits per heavy atom. The maximum atomic E-state index is 14.3. The molecule has 0 atom stereocenters. The fourth-order valence-corrected chi connectivity index (χ4v) is 9.82. The zero-order valence-electron chi connectivity index (χ0n) is 57.8. The number of benzene rings is 3. The number of allylic oxidation sites excluding steroid dienone is 1. The highest BCUT2D eigenvalue weighted by Crippen LogP contribution is 2.41. The quantitative estimate of drug-likeness (QED) is 0.0194. The molecule has 0 aliphatic heterocycles. The standard InChI is InChI=1S/C69H101N21O3/c1-16-22-40-86(41-23-17-2)61(91)46-34-28-31-37-49(46)78-81-52(55(70)67(7,8)9)58(71)74-64-75-65(89-59(72)53(56(84-89)68(10,11)12)82-79-50-38-32-29-35-47(50)62(92)87(42-24-18-3)43-25-19-4)77-66(76-64)90-60(73)54(57(85-90)69(13,14)15)83-80-51-39-33-30-36-48(51)63(93)88(44-26-20-5)45-27-21-6/h28-39,70H,16-27,40-45,71-73H2,1-15H3,(H,74,75,76,77)/b58-52+,70-55?,81-78+,82-79+,83-80+. The van der Waals surface area contributed by atoms with Crippen molar-refractivity contribution in [2.75, 3.05) is 56.1 Å². The molecule has 0 saturated carbocycles. The number of rotatable bonds is 32. The van der Waals surface area contributed by atoms with Gasteiger partial charge in [0, 0.05) is 55.5 Å². The average molecular weight is 1270 g/mol. The topological polar surface area (TPSA) is 323 Å². The molecule has 3 aromatic heterocycles. The molecule has 6 aromatic rings.